The Kier molecular flexibility index (Phi) is 3.59. The van der Waals surface area contributed by atoms with Crippen molar-refractivity contribution in [1.29, 1.82) is 0 Å². The highest BCUT2D eigenvalue weighted by atomic mass is 35.5. The van der Waals surface area contributed by atoms with Gasteiger partial charge in [-0.15, -0.1) is 0 Å². The molecule has 0 aliphatic carbocycles. The van der Waals surface area contributed by atoms with E-state index in [0.717, 1.165) is 16.8 Å². The molecule has 1 heterocycles. The Morgan fingerprint density at radius 1 is 1.35 bits per heavy atom. The van der Waals surface area contributed by atoms with Gasteiger partial charge in [0.05, 0.1) is 10.7 Å². The highest BCUT2D eigenvalue weighted by Crippen LogP contribution is 2.23. The molecule has 0 bridgehead atoms. The molecule has 88 valence electrons. The van der Waals surface area contributed by atoms with Gasteiger partial charge in [0.1, 0.15) is 5.82 Å². The van der Waals surface area contributed by atoms with Gasteiger partial charge in [-0.05, 0) is 42.3 Å². The largest absolute Gasteiger partial charge is 0.380 e. The summed E-state index contributed by atoms with van der Waals surface area (Å²) in [7, 11) is 0. The summed E-state index contributed by atoms with van der Waals surface area (Å²) < 4.78 is 12.9. The minimum absolute atomic E-state index is 0.335. The van der Waals surface area contributed by atoms with Crippen LogP contribution in [-0.4, -0.2) is 4.98 Å². The van der Waals surface area contributed by atoms with Crippen LogP contribution in [0, 0.1) is 12.7 Å². The molecule has 0 saturated carbocycles. The lowest BCUT2D eigenvalue weighted by Gasteiger charge is -2.09. The number of nitrogens with one attached hydrogen (secondary N) is 1. The van der Waals surface area contributed by atoms with Gasteiger partial charge in [-0.1, -0.05) is 11.6 Å². The van der Waals surface area contributed by atoms with Gasteiger partial charge in [-0.25, -0.2) is 4.39 Å². The van der Waals surface area contributed by atoms with E-state index in [1.165, 1.54) is 12.1 Å². The number of nitrogens with zero attached hydrogens (tertiary/aromatic N) is 1. The maximum Gasteiger partial charge on any atom is 0.124 e. The summed E-state index contributed by atoms with van der Waals surface area (Å²) in [4.78, 5) is 4.06. The molecule has 0 amide bonds. The summed E-state index contributed by atoms with van der Waals surface area (Å²) in [5.41, 5.74) is 2.97. The smallest absolute Gasteiger partial charge is 0.124 e. The second kappa shape index (κ2) is 5.15. The highest BCUT2D eigenvalue weighted by molar-refractivity contribution is 6.33. The standard InChI is InChI=1S/C13H12ClFN2/c1-9-4-5-16-7-10(9)8-17-13-3-2-11(15)6-12(13)14/h2-7,17H,8H2,1H3. The molecule has 0 fully saturated rings. The number of aryl methyl sites for hydroxylation is 1. The van der Waals surface area contributed by atoms with Crippen LogP contribution in [0.5, 0.6) is 0 Å². The van der Waals surface area contributed by atoms with Crippen molar-refractivity contribution < 1.29 is 4.39 Å². The first-order chi connectivity index (χ1) is 8.16. The number of hydrogen-bond donors (Lipinski definition) is 1. The van der Waals surface area contributed by atoms with E-state index in [-0.39, 0.29) is 5.82 Å². The maximum absolute atomic E-state index is 12.9. The number of benzene rings is 1. The average molecular weight is 251 g/mol. The summed E-state index contributed by atoms with van der Waals surface area (Å²) in [5.74, 6) is -0.335. The fourth-order valence-electron chi connectivity index (χ4n) is 1.51. The predicted molar refractivity (Wildman–Crippen MR) is 67.7 cm³/mol. The van der Waals surface area contributed by atoms with E-state index < -0.39 is 0 Å². The molecule has 0 radical (unpaired) electrons. The maximum atomic E-state index is 12.9. The van der Waals surface area contributed by atoms with Crippen LogP contribution in [0.4, 0.5) is 10.1 Å². The van der Waals surface area contributed by atoms with Gasteiger partial charge in [0.25, 0.3) is 0 Å². The Bertz CT molecular complexity index is 529. The van der Waals surface area contributed by atoms with Crippen molar-refractivity contribution >= 4 is 17.3 Å². The molecule has 1 N–H and O–H groups in total. The van der Waals surface area contributed by atoms with Crippen molar-refractivity contribution in [2.45, 2.75) is 13.5 Å². The minimum Gasteiger partial charge on any atom is -0.380 e. The molecule has 1 aromatic heterocycles. The fourth-order valence-corrected chi connectivity index (χ4v) is 1.74. The van der Waals surface area contributed by atoms with Crippen molar-refractivity contribution in [2.24, 2.45) is 0 Å². The second-order valence-corrected chi connectivity index (χ2v) is 4.19. The van der Waals surface area contributed by atoms with Crippen LogP contribution in [0.2, 0.25) is 5.02 Å². The Morgan fingerprint density at radius 2 is 2.18 bits per heavy atom. The van der Waals surface area contributed by atoms with Crippen LogP contribution < -0.4 is 5.32 Å². The van der Waals surface area contributed by atoms with Gasteiger partial charge in [0.2, 0.25) is 0 Å². The van der Waals surface area contributed by atoms with E-state index in [1.54, 1.807) is 18.5 Å². The molecule has 2 rings (SSSR count). The molecular formula is C13H12ClFN2. The molecule has 2 aromatic rings. The Labute approximate surface area is 104 Å². The van der Waals surface area contributed by atoms with E-state index in [9.17, 15) is 4.39 Å². The van der Waals surface area contributed by atoms with E-state index in [0.29, 0.717) is 11.6 Å². The first-order valence-electron chi connectivity index (χ1n) is 5.25. The Hall–Kier alpha value is -1.61. The number of aromatic nitrogens is 1. The molecule has 0 spiro atoms. The molecule has 17 heavy (non-hydrogen) atoms. The van der Waals surface area contributed by atoms with Crippen molar-refractivity contribution in [3.63, 3.8) is 0 Å². The van der Waals surface area contributed by atoms with Crippen molar-refractivity contribution in [1.82, 2.24) is 4.98 Å². The molecule has 0 atom stereocenters. The molecule has 2 nitrogen and oxygen atoms in total. The minimum atomic E-state index is -0.335. The number of rotatable bonds is 3. The number of anilines is 1. The molecule has 0 unspecified atom stereocenters. The summed E-state index contributed by atoms with van der Waals surface area (Å²) in [6.45, 7) is 2.63. The summed E-state index contributed by atoms with van der Waals surface area (Å²) in [5, 5.41) is 3.54. The Morgan fingerprint density at radius 3 is 2.88 bits per heavy atom. The normalized spacial score (nSPS) is 10.3. The van der Waals surface area contributed by atoms with Crippen LogP contribution in [0.3, 0.4) is 0 Å². The number of halogens is 2. The number of hydrogen-bond acceptors (Lipinski definition) is 2. The summed E-state index contributed by atoms with van der Waals surface area (Å²) in [6, 6.07) is 6.25. The molecule has 0 saturated heterocycles. The second-order valence-electron chi connectivity index (χ2n) is 3.78. The van der Waals surface area contributed by atoms with Crippen molar-refractivity contribution in [3.8, 4) is 0 Å². The van der Waals surface area contributed by atoms with E-state index >= 15 is 0 Å². The third-order valence-corrected chi connectivity index (χ3v) is 2.86. The first kappa shape index (κ1) is 11.9. The van der Waals surface area contributed by atoms with Crippen LogP contribution in [0.15, 0.2) is 36.7 Å². The molecule has 1 aromatic carbocycles. The third-order valence-electron chi connectivity index (χ3n) is 2.55. The van der Waals surface area contributed by atoms with Gasteiger partial charge < -0.3 is 5.32 Å². The predicted octanol–water partition coefficient (Wildman–Crippen LogP) is 3.79. The van der Waals surface area contributed by atoms with Gasteiger partial charge in [-0.2, -0.15) is 0 Å². The lowest BCUT2D eigenvalue weighted by atomic mass is 10.1. The lowest BCUT2D eigenvalue weighted by molar-refractivity contribution is 0.628. The molecule has 0 aliphatic heterocycles. The summed E-state index contributed by atoms with van der Waals surface area (Å²) >= 11 is 5.92. The monoisotopic (exact) mass is 250 g/mol. The lowest BCUT2D eigenvalue weighted by Crippen LogP contribution is -2.02. The van der Waals surface area contributed by atoms with Crippen LogP contribution in [0.1, 0.15) is 11.1 Å². The quantitative estimate of drug-likeness (QED) is 0.896. The molecular weight excluding hydrogens is 239 g/mol. The number of pyridine rings is 1. The van der Waals surface area contributed by atoms with Gasteiger partial charge >= 0.3 is 0 Å². The van der Waals surface area contributed by atoms with Crippen LogP contribution in [-0.2, 0) is 6.54 Å². The van der Waals surface area contributed by atoms with Crippen molar-refractivity contribution in [2.75, 3.05) is 5.32 Å². The topological polar surface area (TPSA) is 24.9 Å². The SMILES string of the molecule is Cc1ccncc1CNc1ccc(F)cc1Cl. The van der Waals surface area contributed by atoms with E-state index in [2.05, 4.69) is 10.3 Å². The van der Waals surface area contributed by atoms with Crippen LogP contribution in [0.25, 0.3) is 0 Å². The molecule has 0 aliphatic rings. The highest BCUT2D eigenvalue weighted by Gasteiger charge is 2.02. The third kappa shape index (κ3) is 2.94. The Balaban J connectivity index is 2.10. The van der Waals surface area contributed by atoms with Gasteiger partial charge in [-0.3, -0.25) is 4.98 Å². The zero-order valence-corrected chi connectivity index (χ0v) is 10.1. The van der Waals surface area contributed by atoms with Gasteiger partial charge in [0.15, 0.2) is 0 Å². The van der Waals surface area contributed by atoms with Crippen molar-refractivity contribution in [3.05, 3.63) is 58.6 Å². The zero-order chi connectivity index (χ0) is 12.3. The fraction of sp³-hybridized carbons (Fsp3) is 0.154. The summed E-state index contributed by atoms with van der Waals surface area (Å²) in [6.07, 6.45) is 3.56. The van der Waals surface area contributed by atoms with Crippen LogP contribution >= 0.6 is 11.6 Å². The average Bonchev–Trinajstić information content (AvgIpc) is 2.30. The molecule has 4 heteroatoms. The van der Waals surface area contributed by atoms with E-state index in [4.69, 9.17) is 11.6 Å². The van der Waals surface area contributed by atoms with E-state index in [1.807, 2.05) is 13.0 Å². The zero-order valence-electron chi connectivity index (χ0n) is 9.37. The first-order valence-corrected chi connectivity index (χ1v) is 5.63. The van der Waals surface area contributed by atoms with Gasteiger partial charge in [0, 0.05) is 18.9 Å².